The van der Waals surface area contributed by atoms with Gasteiger partial charge in [-0.05, 0) is 44.6 Å². The number of nitrogens with two attached hydrogens (primary N) is 1. The van der Waals surface area contributed by atoms with E-state index in [2.05, 4.69) is 37.9 Å². The van der Waals surface area contributed by atoms with Crippen LogP contribution in [-0.2, 0) is 6.42 Å². The van der Waals surface area contributed by atoms with Gasteiger partial charge in [-0.2, -0.15) is 0 Å². The van der Waals surface area contributed by atoms with Crippen LogP contribution in [0.5, 0.6) is 0 Å². The number of rotatable bonds is 5. The van der Waals surface area contributed by atoms with E-state index in [0.29, 0.717) is 6.54 Å². The number of halogens is 1. The second-order valence-corrected chi connectivity index (χ2v) is 4.95. The molecule has 0 aliphatic heterocycles. The molecule has 90 valence electrons. The van der Waals surface area contributed by atoms with Gasteiger partial charge in [0, 0.05) is 17.1 Å². The van der Waals surface area contributed by atoms with E-state index in [4.69, 9.17) is 17.3 Å². The molecule has 0 bridgehead atoms. The SMILES string of the molecule is CCN(C)C(C)(CN)Cc1ccc(Cl)cc1. The molecule has 16 heavy (non-hydrogen) atoms. The summed E-state index contributed by atoms with van der Waals surface area (Å²) in [5.41, 5.74) is 7.19. The van der Waals surface area contributed by atoms with Crippen LogP contribution < -0.4 is 5.73 Å². The van der Waals surface area contributed by atoms with Crippen molar-refractivity contribution in [1.82, 2.24) is 4.90 Å². The molecule has 2 nitrogen and oxygen atoms in total. The molecule has 0 aliphatic carbocycles. The molecule has 1 atom stereocenters. The number of likely N-dealkylation sites (N-methyl/N-ethyl adjacent to an activating group) is 1. The highest BCUT2D eigenvalue weighted by atomic mass is 35.5. The molecule has 0 fully saturated rings. The molecule has 0 amide bonds. The molecule has 2 N–H and O–H groups in total. The summed E-state index contributed by atoms with van der Waals surface area (Å²) in [4.78, 5) is 2.29. The monoisotopic (exact) mass is 240 g/mol. The highest BCUT2D eigenvalue weighted by Crippen LogP contribution is 2.19. The number of nitrogens with zero attached hydrogens (tertiary/aromatic N) is 1. The Kier molecular flexibility index (Phi) is 4.78. The summed E-state index contributed by atoms with van der Waals surface area (Å²) < 4.78 is 0. The predicted molar refractivity (Wildman–Crippen MR) is 70.9 cm³/mol. The van der Waals surface area contributed by atoms with E-state index in [1.807, 2.05) is 12.1 Å². The van der Waals surface area contributed by atoms with Crippen molar-refractivity contribution in [3.05, 3.63) is 34.9 Å². The highest BCUT2D eigenvalue weighted by Gasteiger charge is 2.26. The van der Waals surface area contributed by atoms with Crippen LogP contribution in [0.3, 0.4) is 0 Å². The Balaban J connectivity index is 2.80. The van der Waals surface area contributed by atoms with Crippen molar-refractivity contribution in [2.75, 3.05) is 20.1 Å². The molecule has 1 unspecified atom stereocenters. The van der Waals surface area contributed by atoms with Crippen LogP contribution in [0.25, 0.3) is 0 Å². The number of hydrogen-bond acceptors (Lipinski definition) is 2. The second-order valence-electron chi connectivity index (χ2n) is 4.52. The summed E-state index contributed by atoms with van der Waals surface area (Å²) in [6.45, 7) is 6.00. The third-order valence-electron chi connectivity index (χ3n) is 3.33. The molecule has 0 spiro atoms. The highest BCUT2D eigenvalue weighted by molar-refractivity contribution is 6.30. The van der Waals surface area contributed by atoms with Gasteiger partial charge in [0.05, 0.1) is 0 Å². The smallest absolute Gasteiger partial charge is 0.0406 e. The van der Waals surface area contributed by atoms with Crippen molar-refractivity contribution in [1.29, 1.82) is 0 Å². The average molecular weight is 241 g/mol. The summed E-state index contributed by atoms with van der Waals surface area (Å²) in [5.74, 6) is 0. The molecule has 0 aromatic heterocycles. The quantitative estimate of drug-likeness (QED) is 0.857. The standard InChI is InChI=1S/C13H21ClN2/c1-4-16(3)13(2,10-15)9-11-5-7-12(14)8-6-11/h5-8H,4,9-10,15H2,1-3H3. The van der Waals surface area contributed by atoms with Crippen LogP contribution in [0.1, 0.15) is 19.4 Å². The normalized spacial score (nSPS) is 15.1. The van der Waals surface area contributed by atoms with E-state index in [9.17, 15) is 0 Å². The minimum Gasteiger partial charge on any atom is -0.329 e. The van der Waals surface area contributed by atoms with Gasteiger partial charge < -0.3 is 5.73 Å². The summed E-state index contributed by atoms with van der Waals surface area (Å²) in [6.07, 6.45) is 0.949. The van der Waals surface area contributed by atoms with Gasteiger partial charge in [0.2, 0.25) is 0 Å². The first-order valence-electron chi connectivity index (χ1n) is 5.67. The molecule has 3 heteroatoms. The second kappa shape index (κ2) is 5.67. The Morgan fingerprint density at radius 3 is 2.31 bits per heavy atom. The van der Waals surface area contributed by atoms with Gasteiger partial charge in [0.1, 0.15) is 0 Å². The minimum absolute atomic E-state index is 0.0164. The average Bonchev–Trinajstić information content (AvgIpc) is 2.31. The molecule has 0 saturated carbocycles. The molecule has 1 aromatic carbocycles. The Bertz CT molecular complexity index is 323. The Labute approximate surface area is 103 Å². The van der Waals surface area contributed by atoms with Crippen molar-refractivity contribution in [2.24, 2.45) is 5.73 Å². The van der Waals surface area contributed by atoms with Crippen molar-refractivity contribution >= 4 is 11.6 Å². The summed E-state index contributed by atoms with van der Waals surface area (Å²) in [6, 6.07) is 8.00. The first-order valence-corrected chi connectivity index (χ1v) is 6.05. The van der Waals surface area contributed by atoms with Crippen LogP contribution in [0, 0.1) is 0 Å². The van der Waals surface area contributed by atoms with Crippen molar-refractivity contribution < 1.29 is 0 Å². The Morgan fingerprint density at radius 1 is 1.31 bits per heavy atom. The van der Waals surface area contributed by atoms with E-state index >= 15 is 0 Å². The zero-order chi connectivity index (χ0) is 12.2. The number of benzene rings is 1. The van der Waals surface area contributed by atoms with Crippen molar-refractivity contribution in [2.45, 2.75) is 25.8 Å². The summed E-state index contributed by atoms with van der Waals surface area (Å²) in [7, 11) is 2.11. The van der Waals surface area contributed by atoms with Gasteiger partial charge in [-0.1, -0.05) is 30.7 Å². The van der Waals surface area contributed by atoms with Gasteiger partial charge in [-0.15, -0.1) is 0 Å². The fraction of sp³-hybridized carbons (Fsp3) is 0.538. The number of hydrogen-bond donors (Lipinski definition) is 1. The fourth-order valence-electron chi connectivity index (χ4n) is 1.79. The van der Waals surface area contributed by atoms with Crippen molar-refractivity contribution in [3.63, 3.8) is 0 Å². The Hall–Kier alpha value is -0.570. The van der Waals surface area contributed by atoms with E-state index in [-0.39, 0.29) is 5.54 Å². The molecule has 0 saturated heterocycles. The lowest BCUT2D eigenvalue weighted by Gasteiger charge is -2.37. The Morgan fingerprint density at radius 2 is 1.88 bits per heavy atom. The fourth-order valence-corrected chi connectivity index (χ4v) is 1.91. The minimum atomic E-state index is 0.0164. The largest absolute Gasteiger partial charge is 0.329 e. The van der Waals surface area contributed by atoms with Gasteiger partial charge in [0.25, 0.3) is 0 Å². The van der Waals surface area contributed by atoms with Gasteiger partial charge in [-0.25, -0.2) is 0 Å². The first kappa shape index (κ1) is 13.5. The molecular formula is C13H21ClN2. The molecule has 0 aliphatic rings. The topological polar surface area (TPSA) is 29.3 Å². The van der Waals surface area contributed by atoms with Crippen LogP contribution in [0.15, 0.2) is 24.3 Å². The zero-order valence-corrected chi connectivity index (χ0v) is 11.1. The molecular weight excluding hydrogens is 220 g/mol. The molecule has 0 radical (unpaired) electrons. The van der Waals surface area contributed by atoms with E-state index in [0.717, 1.165) is 18.0 Å². The lowest BCUT2D eigenvalue weighted by atomic mass is 9.91. The molecule has 0 heterocycles. The van der Waals surface area contributed by atoms with E-state index < -0.39 is 0 Å². The van der Waals surface area contributed by atoms with Gasteiger partial charge >= 0.3 is 0 Å². The van der Waals surface area contributed by atoms with Crippen molar-refractivity contribution in [3.8, 4) is 0 Å². The van der Waals surface area contributed by atoms with E-state index in [1.54, 1.807) is 0 Å². The molecule has 1 rings (SSSR count). The lowest BCUT2D eigenvalue weighted by molar-refractivity contribution is 0.152. The van der Waals surface area contributed by atoms with Crippen LogP contribution in [-0.4, -0.2) is 30.6 Å². The maximum atomic E-state index is 5.89. The third kappa shape index (κ3) is 3.21. The van der Waals surface area contributed by atoms with Crippen LogP contribution in [0.4, 0.5) is 0 Å². The maximum Gasteiger partial charge on any atom is 0.0406 e. The molecule has 1 aromatic rings. The summed E-state index contributed by atoms with van der Waals surface area (Å²) >= 11 is 5.87. The van der Waals surface area contributed by atoms with Crippen LogP contribution in [0.2, 0.25) is 5.02 Å². The maximum absolute atomic E-state index is 5.89. The summed E-state index contributed by atoms with van der Waals surface area (Å²) in [5, 5.41) is 0.780. The third-order valence-corrected chi connectivity index (χ3v) is 3.59. The lowest BCUT2D eigenvalue weighted by Crippen LogP contribution is -2.51. The van der Waals surface area contributed by atoms with Crippen LogP contribution >= 0.6 is 11.6 Å². The van der Waals surface area contributed by atoms with E-state index in [1.165, 1.54) is 5.56 Å². The zero-order valence-electron chi connectivity index (χ0n) is 10.3. The predicted octanol–water partition coefficient (Wildman–Crippen LogP) is 2.55. The van der Waals surface area contributed by atoms with Gasteiger partial charge in [0.15, 0.2) is 0 Å². The van der Waals surface area contributed by atoms with Gasteiger partial charge in [-0.3, -0.25) is 4.90 Å². The first-order chi connectivity index (χ1) is 7.51.